The molecule has 6 heteroatoms. The van der Waals surface area contributed by atoms with Crippen LogP contribution in [0.2, 0.25) is 5.02 Å². The van der Waals surface area contributed by atoms with Crippen LogP contribution in [-0.2, 0) is 0 Å². The number of hydrogen-bond acceptors (Lipinski definition) is 3. The first kappa shape index (κ1) is 19.9. The highest BCUT2D eigenvalue weighted by atomic mass is 35.5. The van der Waals surface area contributed by atoms with Crippen molar-refractivity contribution < 1.29 is 4.79 Å². The lowest BCUT2D eigenvalue weighted by atomic mass is 9.93. The van der Waals surface area contributed by atoms with Gasteiger partial charge < -0.3 is 9.80 Å². The topological polar surface area (TPSA) is 41.4 Å². The number of halogens is 1. The van der Waals surface area contributed by atoms with Crippen molar-refractivity contribution in [2.75, 3.05) is 33.7 Å². The third kappa shape index (κ3) is 4.71. The second-order valence-electron chi connectivity index (χ2n) is 7.83. The lowest BCUT2D eigenvalue weighted by Gasteiger charge is -2.32. The molecule has 1 aromatic carbocycles. The molecule has 0 N–H and O–H groups in total. The number of rotatable bonds is 5. The Kier molecular flexibility index (Phi) is 6.22. The van der Waals surface area contributed by atoms with Gasteiger partial charge in [-0.05, 0) is 83.9 Å². The van der Waals surface area contributed by atoms with Crippen molar-refractivity contribution in [3.63, 3.8) is 0 Å². The number of amides is 1. The molecule has 27 heavy (non-hydrogen) atoms. The number of piperidine rings is 1. The molecule has 2 aromatic rings. The Morgan fingerprint density at radius 2 is 1.93 bits per heavy atom. The number of likely N-dealkylation sites (tertiary alicyclic amines) is 1. The molecule has 0 bridgehead atoms. The maximum atomic E-state index is 13.1. The van der Waals surface area contributed by atoms with Gasteiger partial charge in [0.1, 0.15) is 0 Å². The molecule has 1 aliphatic rings. The summed E-state index contributed by atoms with van der Waals surface area (Å²) in [6.07, 6.45) is 3.33. The van der Waals surface area contributed by atoms with Crippen LogP contribution in [0.3, 0.4) is 0 Å². The van der Waals surface area contributed by atoms with Crippen LogP contribution in [-0.4, -0.2) is 59.2 Å². The zero-order chi connectivity index (χ0) is 19.6. The van der Waals surface area contributed by atoms with Crippen LogP contribution in [0.15, 0.2) is 24.3 Å². The maximum absolute atomic E-state index is 13.1. The molecule has 1 amide bonds. The summed E-state index contributed by atoms with van der Waals surface area (Å²) in [4.78, 5) is 17.2. The number of aryl methyl sites for hydroxylation is 2. The summed E-state index contributed by atoms with van der Waals surface area (Å²) < 4.78 is 1.86. The van der Waals surface area contributed by atoms with E-state index in [1.165, 1.54) is 6.42 Å². The number of carbonyl (C=O) groups is 1. The van der Waals surface area contributed by atoms with Crippen LogP contribution < -0.4 is 0 Å². The summed E-state index contributed by atoms with van der Waals surface area (Å²) in [5.41, 5.74) is 3.42. The van der Waals surface area contributed by atoms with Crippen molar-refractivity contribution in [2.24, 2.45) is 5.92 Å². The van der Waals surface area contributed by atoms with E-state index in [1.54, 1.807) is 6.07 Å². The van der Waals surface area contributed by atoms with Crippen LogP contribution in [0.4, 0.5) is 0 Å². The first-order valence-corrected chi connectivity index (χ1v) is 10.00. The van der Waals surface area contributed by atoms with E-state index < -0.39 is 0 Å². The van der Waals surface area contributed by atoms with Gasteiger partial charge in [0, 0.05) is 18.8 Å². The summed E-state index contributed by atoms with van der Waals surface area (Å²) in [6, 6.07) is 7.59. The Balaban J connectivity index is 1.72. The van der Waals surface area contributed by atoms with Crippen molar-refractivity contribution in [2.45, 2.75) is 33.1 Å². The molecule has 1 saturated heterocycles. The highest BCUT2D eigenvalue weighted by Gasteiger charge is 2.25. The third-order valence-electron chi connectivity index (χ3n) is 5.32. The number of benzene rings is 1. The van der Waals surface area contributed by atoms with Crippen molar-refractivity contribution >= 4 is 17.5 Å². The Morgan fingerprint density at radius 3 is 2.52 bits per heavy atom. The quantitative estimate of drug-likeness (QED) is 0.778. The highest BCUT2D eigenvalue weighted by molar-refractivity contribution is 6.33. The van der Waals surface area contributed by atoms with Crippen LogP contribution in [0.5, 0.6) is 0 Å². The number of hydrogen-bond donors (Lipinski definition) is 0. The molecule has 1 aliphatic heterocycles. The lowest BCUT2D eigenvalue weighted by molar-refractivity contribution is 0.0683. The predicted molar refractivity (Wildman–Crippen MR) is 110 cm³/mol. The largest absolute Gasteiger partial charge is 0.339 e. The summed E-state index contributed by atoms with van der Waals surface area (Å²) in [5, 5.41) is 5.01. The molecule has 0 atom stereocenters. The van der Waals surface area contributed by atoms with Crippen LogP contribution in [0.25, 0.3) is 5.69 Å². The fourth-order valence-corrected chi connectivity index (χ4v) is 3.93. The van der Waals surface area contributed by atoms with Gasteiger partial charge >= 0.3 is 0 Å². The smallest absolute Gasteiger partial charge is 0.255 e. The zero-order valence-corrected chi connectivity index (χ0v) is 17.5. The van der Waals surface area contributed by atoms with Gasteiger partial charge in [-0.1, -0.05) is 11.6 Å². The second-order valence-corrected chi connectivity index (χ2v) is 8.24. The fourth-order valence-electron chi connectivity index (χ4n) is 3.74. The summed E-state index contributed by atoms with van der Waals surface area (Å²) in [7, 11) is 4.22. The average molecular weight is 389 g/mol. The molecule has 0 spiro atoms. The van der Waals surface area contributed by atoms with Gasteiger partial charge in [-0.15, -0.1) is 0 Å². The maximum Gasteiger partial charge on any atom is 0.255 e. The third-order valence-corrected chi connectivity index (χ3v) is 5.65. The van der Waals surface area contributed by atoms with E-state index in [-0.39, 0.29) is 5.91 Å². The van der Waals surface area contributed by atoms with Gasteiger partial charge in [-0.3, -0.25) is 4.79 Å². The minimum Gasteiger partial charge on any atom is -0.339 e. The van der Waals surface area contributed by atoms with Crippen molar-refractivity contribution in [3.05, 3.63) is 46.2 Å². The Labute approximate surface area is 166 Å². The summed E-state index contributed by atoms with van der Waals surface area (Å²) in [5.74, 6) is 0.724. The molecule has 2 heterocycles. The zero-order valence-electron chi connectivity index (χ0n) is 16.7. The van der Waals surface area contributed by atoms with E-state index in [0.717, 1.165) is 49.6 Å². The SMILES string of the molecule is Cc1cc(C)n(-c2ccc(Cl)c(C(=O)N3CCC(CCN(C)C)CC3)c2)n1. The van der Waals surface area contributed by atoms with E-state index in [9.17, 15) is 4.79 Å². The molecule has 1 aromatic heterocycles. The van der Waals surface area contributed by atoms with Gasteiger partial charge in [0.25, 0.3) is 5.91 Å². The predicted octanol–water partition coefficient (Wildman–Crippen LogP) is 3.95. The van der Waals surface area contributed by atoms with Crippen LogP contribution in [0.1, 0.15) is 41.0 Å². The van der Waals surface area contributed by atoms with E-state index in [4.69, 9.17) is 11.6 Å². The van der Waals surface area contributed by atoms with Crippen LogP contribution >= 0.6 is 11.6 Å². The van der Waals surface area contributed by atoms with E-state index in [0.29, 0.717) is 16.5 Å². The van der Waals surface area contributed by atoms with Crippen molar-refractivity contribution in [1.82, 2.24) is 19.6 Å². The van der Waals surface area contributed by atoms with Crippen molar-refractivity contribution in [1.29, 1.82) is 0 Å². The van der Waals surface area contributed by atoms with Gasteiger partial charge in [0.05, 0.1) is 22.0 Å². The van der Waals surface area contributed by atoms with E-state index >= 15 is 0 Å². The molecule has 146 valence electrons. The van der Waals surface area contributed by atoms with E-state index in [2.05, 4.69) is 24.1 Å². The van der Waals surface area contributed by atoms with Gasteiger partial charge in [0.2, 0.25) is 0 Å². The molecule has 1 fully saturated rings. The molecular weight excluding hydrogens is 360 g/mol. The first-order valence-electron chi connectivity index (χ1n) is 9.62. The highest BCUT2D eigenvalue weighted by Crippen LogP contribution is 2.26. The minimum absolute atomic E-state index is 0.0226. The normalized spacial score (nSPS) is 15.6. The van der Waals surface area contributed by atoms with E-state index in [1.807, 2.05) is 41.6 Å². The van der Waals surface area contributed by atoms with Crippen LogP contribution in [0, 0.1) is 19.8 Å². The first-order chi connectivity index (χ1) is 12.8. The fraction of sp³-hybridized carbons (Fsp3) is 0.524. The number of aromatic nitrogens is 2. The minimum atomic E-state index is 0.0226. The lowest BCUT2D eigenvalue weighted by Crippen LogP contribution is -2.39. The average Bonchev–Trinajstić information content (AvgIpc) is 2.98. The standard InChI is InChI=1S/C21H29ClN4O/c1-15-13-16(2)26(23-15)18-5-6-20(22)19(14-18)21(27)25-11-8-17(9-12-25)7-10-24(3)4/h5-6,13-14,17H,7-12H2,1-4H3. The van der Waals surface area contributed by atoms with Crippen molar-refractivity contribution in [3.8, 4) is 5.69 Å². The molecule has 5 nitrogen and oxygen atoms in total. The number of nitrogens with zero attached hydrogens (tertiary/aromatic N) is 4. The molecule has 0 saturated carbocycles. The monoisotopic (exact) mass is 388 g/mol. The molecular formula is C21H29ClN4O. The summed E-state index contributed by atoms with van der Waals surface area (Å²) in [6.45, 7) is 6.68. The van der Waals surface area contributed by atoms with Gasteiger partial charge in [-0.2, -0.15) is 5.10 Å². The van der Waals surface area contributed by atoms with Gasteiger partial charge in [0.15, 0.2) is 0 Å². The Hall–Kier alpha value is -1.85. The molecule has 0 unspecified atom stereocenters. The Morgan fingerprint density at radius 1 is 1.22 bits per heavy atom. The molecule has 0 aliphatic carbocycles. The Bertz CT molecular complexity index is 807. The molecule has 3 rings (SSSR count). The second kappa shape index (κ2) is 8.44. The number of carbonyl (C=O) groups excluding carboxylic acids is 1. The van der Waals surface area contributed by atoms with Gasteiger partial charge in [-0.25, -0.2) is 4.68 Å². The summed E-state index contributed by atoms with van der Waals surface area (Å²) >= 11 is 6.37. The molecule has 0 radical (unpaired) electrons.